The SMILES string of the molecule is Cc1cc(COc2ccc(C(=O)N[C@@H]3CN(Cc4ccc(C)o4)C[C@@H]3C(=O)NO)cc2)c2ccccc2n1. The second kappa shape index (κ2) is 11.0. The number of para-hydroxylation sites is 1. The molecule has 2 aromatic heterocycles. The zero-order chi connectivity index (χ0) is 26.6. The molecule has 0 aliphatic carbocycles. The van der Waals surface area contributed by atoms with Crippen molar-refractivity contribution >= 4 is 22.7 Å². The summed E-state index contributed by atoms with van der Waals surface area (Å²) in [7, 11) is 0. The van der Waals surface area contributed by atoms with Gasteiger partial charge >= 0.3 is 0 Å². The van der Waals surface area contributed by atoms with Crippen LogP contribution >= 0.6 is 0 Å². The van der Waals surface area contributed by atoms with E-state index in [0.717, 1.165) is 33.7 Å². The quantitative estimate of drug-likeness (QED) is 0.242. The number of hydrogen-bond donors (Lipinski definition) is 3. The van der Waals surface area contributed by atoms with Crippen LogP contribution in [0.25, 0.3) is 10.9 Å². The lowest BCUT2D eigenvalue weighted by Gasteiger charge is -2.18. The Balaban J connectivity index is 1.22. The van der Waals surface area contributed by atoms with Crippen LogP contribution in [0.4, 0.5) is 0 Å². The second-order valence-corrected chi connectivity index (χ2v) is 9.62. The van der Waals surface area contributed by atoms with E-state index in [1.165, 1.54) is 0 Å². The van der Waals surface area contributed by atoms with Crippen LogP contribution in [0, 0.1) is 19.8 Å². The Morgan fingerprint density at radius 2 is 1.87 bits per heavy atom. The largest absolute Gasteiger partial charge is 0.489 e. The molecule has 1 aliphatic heterocycles. The number of ether oxygens (including phenoxy) is 1. The van der Waals surface area contributed by atoms with Crippen LogP contribution in [0.2, 0.25) is 0 Å². The number of carbonyl (C=O) groups excluding carboxylic acids is 2. The molecule has 2 atom stereocenters. The molecule has 0 bridgehead atoms. The highest BCUT2D eigenvalue weighted by Gasteiger charge is 2.38. The molecule has 1 aliphatic rings. The van der Waals surface area contributed by atoms with Crippen LogP contribution in [-0.4, -0.2) is 46.0 Å². The minimum atomic E-state index is -0.596. The molecule has 2 aromatic carbocycles. The van der Waals surface area contributed by atoms with Crippen molar-refractivity contribution in [1.82, 2.24) is 20.7 Å². The van der Waals surface area contributed by atoms with Crippen molar-refractivity contribution in [2.45, 2.75) is 33.0 Å². The molecule has 9 heteroatoms. The fourth-order valence-corrected chi connectivity index (χ4v) is 4.93. The second-order valence-electron chi connectivity index (χ2n) is 9.62. The summed E-state index contributed by atoms with van der Waals surface area (Å²) in [4.78, 5) is 31.9. The van der Waals surface area contributed by atoms with Crippen molar-refractivity contribution in [3.05, 3.63) is 95.1 Å². The molecular formula is C29H30N4O5. The molecule has 196 valence electrons. The van der Waals surface area contributed by atoms with Crippen LogP contribution in [0.15, 0.2) is 71.1 Å². The smallest absolute Gasteiger partial charge is 0.251 e. The first-order valence-corrected chi connectivity index (χ1v) is 12.5. The highest BCUT2D eigenvalue weighted by Crippen LogP contribution is 2.23. The van der Waals surface area contributed by atoms with E-state index in [0.29, 0.717) is 37.6 Å². The lowest BCUT2D eigenvalue weighted by atomic mass is 10.0. The number of benzene rings is 2. The molecule has 1 fully saturated rings. The first-order valence-electron chi connectivity index (χ1n) is 12.5. The molecule has 9 nitrogen and oxygen atoms in total. The van der Waals surface area contributed by atoms with E-state index in [2.05, 4.69) is 10.3 Å². The fourth-order valence-electron chi connectivity index (χ4n) is 4.93. The number of furan rings is 1. The van der Waals surface area contributed by atoms with Crippen LogP contribution in [0.5, 0.6) is 5.75 Å². The molecule has 5 rings (SSSR count). The van der Waals surface area contributed by atoms with E-state index in [1.54, 1.807) is 29.7 Å². The highest BCUT2D eigenvalue weighted by atomic mass is 16.5. The van der Waals surface area contributed by atoms with Gasteiger partial charge in [0, 0.05) is 35.3 Å². The Hall–Kier alpha value is -4.21. The summed E-state index contributed by atoms with van der Waals surface area (Å²) in [6.07, 6.45) is 0. The first kappa shape index (κ1) is 25.4. The molecule has 2 amide bonds. The summed E-state index contributed by atoms with van der Waals surface area (Å²) < 4.78 is 11.6. The van der Waals surface area contributed by atoms with Gasteiger partial charge in [0.1, 0.15) is 23.9 Å². The van der Waals surface area contributed by atoms with Gasteiger partial charge in [0.2, 0.25) is 5.91 Å². The normalized spacial score (nSPS) is 17.4. The van der Waals surface area contributed by atoms with E-state index in [4.69, 9.17) is 9.15 Å². The van der Waals surface area contributed by atoms with Crippen molar-refractivity contribution in [3.8, 4) is 5.75 Å². The minimum Gasteiger partial charge on any atom is -0.489 e. The maximum absolute atomic E-state index is 13.0. The van der Waals surface area contributed by atoms with Crippen LogP contribution < -0.4 is 15.5 Å². The number of hydrogen-bond acceptors (Lipinski definition) is 7. The summed E-state index contributed by atoms with van der Waals surface area (Å²) >= 11 is 0. The van der Waals surface area contributed by atoms with Crippen molar-refractivity contribution in [2.75, 3.05) is 13.1 Å². The molecular weight excluding hydrogens is 484 g/mol. The monoisotopic (exact) mass is 514 g/mol. The zero-order valence-corrected chi connectivity index (χ0v) is 21.3. The van der Waals surface area contributed by atoms with Gasteiger partial charge in [0.25, 0.3) is 5.91 Å². The first-order chi connectivity index (χ1) is 18.4. The van der Waals surface area contributed by atoms with Crippen LogP contribution in [-0.2, 0) is 17.9 Å². The Labute approximate surface area is 220 Å². The molecule has 38 heavy (non-hydrogen) atoms. The number of aromatic nitrogens is 1. The maximum Gasteiger partial charge on any atom is 0.251 e. The number of nitrogens with one attached hydrogen (secondary N) is 2. The molecule has 0 spiro atoms. The van der Waals surface area contributed by atoms with Gasteiger partial charge in [-0.2, -0.15) is 0 Å². The number of rotatable bonds is 8. The predicted octanol–water partition coefficient (Wildman–Crippen LogP) is 3.76. The average molecular weight is 515 g/mol. The maximum atomic E-state index is 13.0. The molecule has 3 N–H and O–H groups in total. The summed E-state index contributed by atoms with van der Waals surface area (Å²) in [5.41, 5.74) is 5.07. The number of aryl methyl sites for hydroxylation is 2. The fraction of sp³-hybridized carbons (Fsp3) is 0.276. The van der Waals surface area contributed by atoms with Gasteiger partial charge < -0.3 is 14.5 Å². The third kappa shape index (κ3) is 5.69. The number of amides is 2. The van der Waals surface area contributed by atoms with Crippen molar-refractivity contribution < 1.29 is 24.0 Å². The van der Waals surface area contributed by atoms with E-state index >= 15 is 0 Å². The van der Waals surface area contributed by atoms with Crippen molar-refractivity contribution in [3.63, 3.8) is 0 Å². The number of pyridine rings is 1. The van der Waals surface area contributed by atoms with E-state index in [9.17, 15) is 14.8 Å². The molecule has 0 unspecified atom stereocenters. The molecule has 0 radical (unpaired) electrons. The summed E-state index contributed by atoms with van der Waals surface area (Å²) in [6, 6.07) is 20.2. The lowest BCUT2D eigenvalue weighted by molar-refractivity contribution is -0.133. The summed E-state index contributed by atoms with van der Waals surface area (Å²) in [6.45, 7) is 5.54. The average Bonchev–Trinajstić information content (AvgIpc) is 3.52. The van der Waals surface area contributed by atoms with Crippen molar-refractivity contribution in [2.24, 2.45) is 5.92 Å². The van der Waals surface area contributed by atoms with Gasteiger partial charge in [0.05, 0.1) is 24.0 Å². The zero-order valence-electron chi connectivity index (χ0n) is 21.3. The van der Waals surface area contributed by atoms with Gasteiger partial charge in [-0.25, -0.2) is 5.48 Å². The third-order valence-electron chi connectivity index (χ3n) is 6.78. The van der Waals surface area contributed by atoms with E-state index < -0.39 is 17.9 Å². The highest BCUT2D eigenvalue weighted by molar-refractivity contribution is 5.95. The van der Waals surface area contributed by atoms with Gasteiger partial charge in [-0.3, -0.25) is 24.7 Å². The molecule has 3 heterocycles. The summed E-state index contributed by atoms with van der Waals surface area (Å²) in [5, 5.41) is 13.2. The standard InChI is InChI=1S/C29H30N4O5/c1-18-13-21(24-5-3-4-6-26(24)30-18)17-37-22-11-8-20(9-12-22)28(34)31-27-16-33(15-25(27)29(35)32-36)14-23-10-7-19(2)38-23/h3-13,25,27,36H,14-17H2,1-2H3,(H,31,34)(H,32,35)/t25-,27+/m0/s1. The molecule has 0 saturated carbocycles. The van der Waals surface area contributed by atoms with Gasteiger partial charge in [0.15, 0.2) is 0 Å². The van der Waals surface area contributed by atoms with Gasteiger partial charge in [-0.1, -0.05) is 18.2 Å². The molecule has 4 aromatic rings. The Morgan fingerprint density at radius 1 is 1.08 bits per heavy atom. The number of nitrogens with zero attached hydrogens (tertiary/aromatic N) is 2. The van der Waals surface area contributed by atoms with Crippen LogP contribution in [0.1, 0.15) is 33.1 Å². The number of fused-ring (bicyclic) bond motifs is 1. The Bertz CT molecular complexity index is 1450. The number of carbonyl (C=O) groups is 2. The van der Waals surface area contributed by atoms with Crippen LogP contribution in [0.3, 0.4) is 0 Å². The summed E-state index contributed by atoms with van der Waals surface area (Å²) in [5.74, 6) is 0.799. The Morgan fingerprint density at radius 3 is 2.61 bits per heavy atom. The van der Waals surface area contributed by atoms with E-state index in [1.807, 2.05) is 61.2 Å². The van der Waals surface area contributed by atoms with Gasteiger partial charge in [-0.05, 0) is 62.4 Å². The number of likely N-dealkylation sites (tertiary alicyclic amines) is 1. The lowest BCUT2D eigenvalue weighted by Crippen LogP contribution is -2.45. The Kier molecular flexibility index (Phi) is 7.39. The predicted molar refractivity (Wildman–Crippen MR) is 141 cm³/mol. The topological polar surface area (TPSA) is 117 Å². The number of hydroxylamine groups is 1. The third-order valence-corrected chi connectivity index (χ3v) is 6.78. The van der Waals surface area contributed by atoms with Gasteiger partial charge in [-0.15, -0.1) is 0 Å². The molecule has 1 saturated heterocycles. The minimum absolute atomic E-state index is 0.302. The van der Waals surface area contributed by atoms with E-state index in [-0.39, 0.29) is 5.91 Å². The van der Waals surface area contributed by atoms with Crippen molar-refractivity contribution in [1.29, 1.82) is 0 Å².